The first-order chi connectivity index (χ1) is 8.22. The highest BCUT2D eigenvalue weighted by atomic mass is 16.4. The first kappa shape index (κ1) is 11.3. The molecular formula is C11H12N4O2. The molecule has 0 aliphatic carbocycles. The second-order valence-corrected chi connectivity index (χ2v) is 3.54. The van der Waals surface area contributed by atoms with E-state index in [-0.39, 0.29) is 5.56 Å². The van der Waals surface area contributed by atoms with E-state index >= 15 is 0 Å². The molecule has 0 saturated carbocycles. The largest absolute Gasteiger partial charge is 0.478 e. The number of imidazole rings is 1. The highest BCUT2D eigenvalue weighted by molar-refractivity contribution is 5.86. The van der Waals surface area contributed by atoms with Gasteiger partial charge in [-0.15, -0.1) is 0 Å². The standard InChI is InChI=1S/C11H12N4O2/c1-2-3-9-12-4-5-15(9)11-13-6-8(7-14-11)10(16)17/h4-7H,2-3H2,1H3,(H,16,17). The fourth-order valence-electron chi connectivity index (χ4n) is 1.48. The van der Waals surface area contributed by atoms with Crippen molar-refractivity contribution in [3.63, 3.8) is 0 Å². The summed E-state index contributed by atoms with van der Waals surface area (Å²) >= 11 is 0. The van der Waals surface area contributed by atoms with Gasteiger partial charge in [-0.3, -0.25) is 4.57 Å². The summed E-state index contributed by atoms with van der Waals surface area (Å²) in [7, 11) is 0. The molecule has 2 rings (SSSR count). The number of carboxylic acid groups (broad SMARTS) is 1. The number of carbonyl (C=O) groups is 1. The van der Waals surface area contributed by atoms with Crippen molar-refractivity contribution in [1.82, 2.24) is 19.5 Å². The van der Waals surface area contributed by atoms with Crippen molar-refractivity contribution in [3.8, 4) is 5.95 Å². The van der Waals surface area contributed by atoms with E-state index in [9.17, 15) is 4.79 Å². The van der Waals surface area contributed by atoms with Gasteiger partial charge in [0.1, 0.15) is 5.82 Å². The number of aromatic nitrogens is 4. The van der Waals surface area contributed by atoms with E-state index in [4.69, 9.17) is 5.11 Å². The molecule has 2 aromatic heterocycles. The normalized spacial score (nSPS) is 10.4. The average molecular weight is 232 g/mol. The topological polar surface area (TPSA) is 80.9 Å². The smallest absolute Gasteiger partial charge is 0.338 e. The number of hydrogen-bond acceptors (Lipinski definition) is 4. The number of hydrogen-bond donors (Lipinski definition) is 1. The van der Waals surface area contributed by atoms with E-state index in [1.807, 2.05) is 0 Å². The summed E-state index contributed by atoms with van der Waals surface area (Å²) in [6, 6.07) is 0. The lowest BCUT2D eigenvalue weighted by molar-refractivity contribution is 0.0696. The SMILES string of the molecule is CCCc1nccn1-c1ncc(C(=O)O)cn1. The summed E-state index contributed by atoms with van der Waals surface area (Å²) in [5.74, 6) is 0.280. The summed E-state index contributed by atoms with van der Waals surface area (Å²) in [4.78, 5) is 22.9. The molecular weight excluding hydrogens is 220 g/mol. The number of aryl methyl sites for hydroxylation is 1. The van der Waals surface area contributed by atoms with Gasteiger partial charge in [-0.05, 0) is 6.42 Å². The Kier molecular flexibility index (Phi) is 3.13. The molecule has 1 N–H and O–H groups in total. The van der Waals surface area contributed by atoms with Gasteiger partial charge >= 0.3 is 5.97 Å². The Bertz CT molecular complexity index is 519. The highest BCUT2D eigenvalue weighted by Gasteiger charge is 2.08. The molecule has 0 atom stereocenters. The zero-order chi connectivity index (χ0) is 12.3. The Morgan fingerprint density at radius 3 is 2.65 bits per heavy atom. The molecule has 0 aromatic carbocycles. The zero-order valence-corrected chi connectivity index (χ0v) is 9.37. The number of carboxylic acids is 1. The molecule has 0 aliphatic heterocycles. The van der Waals surface area contributed by atoms with Gasteiger partial charge in [0.2, 0.25) is 5.95 Å². The second kappa shape index (κ2) is 4.73. The van der Waals surface area contributed by atoms with Crippen LogP contribution in [0.2, 0.25) is 0 Å². The molecule has 0 aliphatic rings. The number of rotatable bonds is 4. The zero-order valence-electron chi connectivity index (χ0n) is 9.37. The lowest BCUT2D eigenvalue weighted by Gasteiger charge is -2.04. The second-order valence-electron chi connectivity index (χ2n) is 3.54. The third kappa shape index (κ3) is 2.30. The van der Waals surface area contributed by atoms with E-state index in [1.165, 1.54) is 12.4 Å². The highest BCUT2D eigenvalue weighted by Crippen LogP contribution is 2.07. The fourth-order valence-corrected chi connectivity index (χ4v) is 1.48. The predicted octanol–water partition coefficient (Wildman–Crippen LogP) is 1.31. The summed E-state index contributed by atoms with van der Waals surface area (Å²) in [6.45, 7) is 2.06. The summed E-state index contributed by atoms with van der Waals surface area (Å²) in [6.07, 6.45) is 7.84. The van der Waals surface area contributed by atoms with Crippen molar-refractivity contribution >= 4 is 5.97 Å². The summed E-state index contributed by atoms with van der Waals surface area (Å²) in [5, 5.41) is 8.75. The van der Waals surface area contributed by atoms with Crippen molar-refractivity contribution in [2.75, 3.05) is 0 Å². The third-order valence-electron chi connectivity index (χ3n) is 2.29. The fraction of sp³-hybridized carbons (Fsp3) is 0.273. The van der Waals surface area contributed by atoms with Crippen LogP contribution in [0, 0.1) is 0 Å². The van der Waals surface area contributed by atoms with E-state index in [2.05, 4.69) is 21.9 Å². The maximum absolute atomic E-state index is 10.7. The van der Waals surface area contributed by atoms with Gasteiger partial charge < -0.3 is 5.11 Å². The number of aromatic carboxylic acids is 1. The molecule has 2 aromatic rings. The molecule has 0 radical (unpaired) electrons. The van der Waals surface area contributed by atoms with Crippen molar-refractivity contribution in [1.29, 1.82) is 0 Å². The van der Waals surface area contributed by atoms with Crippen molar-refractivity contribution in [3.05, 3.63) is 36.2 Å². The monoisotopic (exact) mass is 232 g/mol. The molecule has 0 spiro atoms. The molecule has 0 saturated heterocycles. The van der Waals surface area contributed by atoms with Crippen LogP contribution in [0.1, 0.15) is 29.5 Å². The number of nitrogens with zero attached hydrogens (tertiary/aromatic N) is 4. The van der Waals surface area contributed by atoms with Crippen LogP contribution in [0.4, 0.5) is 0 Å². The van der Waals surface area contributed by atoms with Crippen LogP contribution in [0.25, 0.3) is 5.95 Å². The minimum atomic E-state index is -1.03. The average Bonchev–Trinajstić information content (AvgIpc) is 2.78. The van der Waals surface area contributed by atoms with Gasteiger partial charge in [-0.25, -0.2) is 19.7 Å². The van der Waals surface area contributed by atoms with E-state index in [0.717, 1.165) is 18.7 Å². The van der Waals surface area contributed by atoms with Crippen LogP contribution >= 0.6 is 0 Å². The Labute approximate surface area is 98.0 Å². The molecule has 6 heteroatoms. The van der Waals surface area contributed by atoms with Crippen LogP contribution in [0.3, 0.4) is 0 Å². The van der Waals surface area contributed by atoms with Gasteiger partial charge in [-0.2, -0.15) is 0 Å². The molecule has 17 heavy (non-hydrogen) atoms. The van der Waals surface area contributed by atoms with Gasteiger partial charge in [0.25, 0.3) is 0 Å². The van der Waals surface area contributed by atoms with Crippen LogP contribution in [0.15, 0.2) is 24.8 Å². The van der Waals surface area contributed by atoms with Crippen LogP contribution in [-0.4, -0.2) is 30.6 Å². The van der Waals surface area contributed by atoms with Gasteiger partial charge in [-0.1, -0.05) is 6.92 Å². The third-order valence-corrected chi connectivity index (χ3v) is 2.29. The Balaban J connectivity index is 2.33. The van der Waals surface area contributed by atoms with Crippen LogP contribution < -0.4 is 0 Å². The first-order valence-corrected chi connectivity index (χ1v) is 5.30. The Morgan fingerprint density at radius 2 is 2.06 bits per heavy atom. The van der Waals surface area contributed by atoms with Crippen LogP contribution in [-0.2, 0) is 6.42 Å². The van der Waals surface area contributed by atoms with Gasteiger partial charge in [0, 0.05) is 31.2 Å². The molecule has 88 valence electrons. The lowest BCUT2D eigenvalue weighted by Crippen LogP contribution is -2.07. The predicted molar refractivity (Wildman–Crippen MR) is 60.1 cm³/mol. The van der Waals surface area contributed by atoms with Crippen molar-refractivity contribution in [2.24, 2.45) is 0 Å². The van der Waals surface area contributed by atoms with Crippen molar-refractivity contribution < 1.29 is 9.90 Å². The Morgan fingerprint density at radius 1 is 1.35 bits per heavy atom. The molecule has 0 fully saturated rings. The Hall–Kier alpha value is -2.24. The maximum atomic E-state index is 10.7. The summed E-state index contributed by atoms with van der Waals surface area (Å²) in [5.41, 5.74) is 0.0749. The van der Waals surface area contributed by atoms with Crippen molar-refractivity contribution in [2.45, 2.75) is 19.8 Å². The van der Waals surface area contributed by atoms with E-state index in [0.29, 0.717) is 5.95 Å². The quantitative estimate of drug-likeness (QED) is 0.859. The minimum absolute atomic E-state index is 0.0749. The maximum Gasteiger partial charge on any atom is 0.338 e. The molecule has 6 nitrogen and oxygen atoms in total. The van der Waals surface area contributed by atoms with Gasteiger partial charge in [0.15, 0.2) is 0 Å². The summed E-state index contributed by atoms with van der Waals surface area (Å²) < 4.78 is 1.76. The molecule has 2 heterocycles. The minimum Gasteiger partial charge on any atom is -0.478 e. The van der Waals surface area contributed by atoms with E-state index < -0.39 is 5.97 Å². The molecule has 0 unspecified atom stereocenters. The van der Waals surface area contributed by atoms with Gasteiger partial charge in [0.05, 0.1) is 5.56 Å². The first-order valence-electron chi connectivity index (χ1n) is 5.30. The lowest BCUT2D eigenvalue weighted by atomic mass is 10.3. The van der Waals surface area contributed by atoms with Crippen LogP contribution in [0.5, 0.6) is 0 Å². The molecule has 0 amide bonds. The van der Waals surface area contributed by atoms with E-state index in [1.54, 1.807) is 17.0 Å². The molecule has 0 bridgehead atoms.